The standard InChI is InChI=1S/C30H37N3O6S/c1-21(2)31-30(35)23(4)32(19-24-13-11-10-12-22(24)3)29(34)20-33(25-14-8-7-9-15-25)40(36,37)26-16-17-27(38-5)28(18-26)39-6/h7-18,21,23H,19-20H2,1-6H3,(H,31,35)/t23-/m1/s1. The van der Waals surface area contributed by atoms with Crippen molar-refractivity contribution in [3.63, 3.8) is 0 Å². The third kappa shape index (κ3) is 7.12. The van der Waals surface area contributed by atoms with Crippen molar-refractivity contribution in [2.24, 2.45) is 0 Å². The topological polar surface area (TPSA) is 105 Å². The van der Waals surface area contributed by atoms with Crippen LogP contribution in [0.25, 0.3) is 0 Å². The summed E-state index contributed by atoms with van der Waals surface area (Å²) in [4.78, 5) is 28.3. The van der Waals surface area contributed by atoms with E-state index >= 15 is 0 Å². The third-order valence-corrected chi connectivity index (χ3v) is 8.24. The van der Waals surface area contributed by atoms with Gasteiger partial charge in [0.2, 0.25) is 11.8 Å². The number of amides is 2. The van der Waals surface area contributed by atoms with Crippen LogP contribution in [0.3, 0.4) is 0 Å². The second kappa shape index (κ2) is 13.3. The van der Waals surface area contributed by atoms with Gasteiger partial charge in [0, 0.05) is 18.7 Å². The van der Waals surface area contributed by atoms with Crippen LogP contribution in [0.4, 0.5) is 5.69 Å². The van der Waals surface area contributed by atoms with Crippen LogP contribution < -0.4 is 19.1 Å². The van der Waals surface area contributed by atoms with Crippen molar-refractivity contribution < 1.29 is 27.5 Å². The van der Waals surface area contributed by atoms with E-state index in [9.17, 15) is 18.0 Å². The lowest BCUT2D eigenvalue weighted by molar-refractivity contribution is -0.139. The van der Waals surface area contributed by atoms with Gasteiger partial charge >= 0.3 is 0 Å². The molecule has 3 aromatic rings. The van der Waals surface area contributed by atoms with Crippen molar-refractivity contribution in [1.29, 1.82) is 0 Å². The molecule has 214 valence electrons. The molecule has 0 aromatic heterocycles. The van der Waals surface area contributed by atoms with Gasteiger partial charge in [0.05, 0.1) is 24.8 Å². The highest BCUT2D eigenvalue weighted by atomic mass is 32.2. The number of benzene rings is 3. The van der Waals surface area contributed by atoms with Crippen LogP contribution in [0.5, 0.6) is 11.5 Å². The Hall–Kier alpha value is -4.05. The van der Waals surface area contributed by atoms with E-state index in [2.05, 4.69) is 5.32 Å². The minimum absolute atomic E-state index is 0.0714. The lowest BCUT2D eigenvalue weighted by Crippen LogP contribution is -2.52. The van der Waals surface area contributed by atoms with Gasteiger partial charge in [0.1, 0.15) is 12.6 Å². The molecule has 0 fully saturated rings. The third-order valence-electron chi connectivity index (χ3n) is 6.47. The minimum Gasteiger partial charge on any atom is -0.493 e. The van der Waals surface area contributed by atoms with Crippen LogP contribution in [0, 0.1) is 6.92 Å². The summed E-state index contributed by atoms with van der Waals surface area (Å²) in [6.45, 7) is 6.86. The number of ether oxygens (including phenoxy) is 2. The average molecular weight is 568 g/mol. The molecule has 0 aliphatic rings. The first-order chi connectivity index (χ1) is 19.0. The zero-order chi connectivity index (χ0) is 29.4. The quantitative estimate of drug-likeness (QED) is 0.353. The van der Waals surface area contributed by atoms with E-state index in [1.807, 2.05) is 45.0 Å². The number of hydrogen-bond donors (Lipinski definition) is 1. The van der Waals surface area contributed by atoms with Gasteiger partial charge in [0.25, 0.3) is 10.0 Å². The number of nitrogens with zero attached hydrogens (tertiary/aromatic N) is 2. The van der Waals surface area contributed by atoms with Crippen molar-refractivity contribution in [1.82, 2.24) is 10.2 Å². The predicted molar refractivity (Wildman–Crippen MR) is 155 cm³/mol. The second-order valence-electron chi connectivity index (χ2n) is 9.65. The fourth-order valence-electron chi connectivity index (χ4n) is 4.19. The summed E-state index contributed by atoms with van der Waals surface area (Å²) < 4.78 is 39.6. The van der Waals surface area contributed by atoms with Crippen molar-refractivity contribution >= 4 is 27.5 Å². The van der Waals surface area contributed by atoms with E-state index in [0.717, 1.165) is 15.4 Å². The number of carbonyl (C=O) groups excluding carboxylic acids is 2. The number of para-hydroxylation sites is 1. The van der Waals surface area contributed by atoms with E-state index < -0.39 is 28.5 Å². The Morgan fingerprint density at radius 2 is 1.50 bits per heavy atom. The fourth-order valence-corrected chi connectivity index (χ4v) is 5.62. The van der Waals surface area contributed by atoms with Gasteiger partial charge in [-0.15, -0.1) is 0 Å². The maximum atomic E-state index is 14.0. The summed E-state index contributed by atoms with van der Waals surface area (Å²) in [5, 5.41) is 2.85. The molecule has 0 aliphatic carbocycles. The number of rotatable bonds is 12. The first-order valence-electron chi connectivity index (χ1n) is 12.9. The molecule has 0 radical (unpaired) electrons. The summed E-state index contributed by atoms with van der Waals surface area (Å²) in [7, 11) is -1.36. The van der Waals surface area contributed by atoms with Gasteiger partial charge in [0.15, 0.2) is 11.5 Å². The molecule has 0 heterocycles. The van der Waals surface area contributed by atoms with E-state index in [-0.39, 0.29) is 29.1 Å². The SMILES string of the molecule is COc1ccc(S(=O)(=O)N(CC(=O)N(Cc2ccccc2C)[C@H](C)C(=O)NC(C)C)c2ccccc2)cc1OC. The molecular weight excluding hydrogens is 530 g/mol. The van der Waals surface area contributed by atoms with Gasteiger partial charge in [-0.05, 0) is 63.1 Å². The van der Waals surface area contributed by atoms with E-state index in [1.54, 1.807) is 37.3 Å². The summed E-state index contributed by atoms with van der Waals surface area (Å²) in [5.41, 5.74) is 2.12. The number of hydrogen-bond acceptors (Lipinski definition) is 6. The maximum Gasteiger partial charge on any atom is 0.264 e. The van der Waals surface area contributed by atoms with Crippen LogP contribution in [0.15, 0.2) is 77.7 Å². The molecular formula is C30H37N3O6S. The minimum atomic E-state index is -4.24. The number of sulfonamides is 1. The van der Waals surface area contributed by atoms with Gasteiger partial charge in [-0.3, -0.25) is 13.9 Å². The van der Waals surface area contributed by atoms with Crippen LogP contribution in [-0.4, -0.2) is 58.0 Å². The normalized spacial score (nSPS) is 12.0. The number of carbonyl (C=O) groups is 2. The Balaban J connectivity index is 2.05. The van der Waals surface area contributed by atoms with Gasteiger partial charge in [-0.1, -0.05) is 42.5 Å². The molecule has 2 amide bonds. The largest absolute Gasteiger partial charge is 0.493 e. The molecule has 1 atom stereocenters. The molecule has 10 heteroatoms. The summed E-state index contributed by atoms with van der Waals surface area (Å²) in [5.74, 6) is -0.241. The molecule has 40 heavy (non-hydrogen) atoms. The number of nitrogens with one attached hydrogen (secondary N) is 1. The monoisotopic (exact) mass is 567 g/mol. The van der Waals surface area contributed by atoms with E-state index in [0.29, 0.717) is 11.4 Å². The lowest BCUT2D eigenvalue weighted by atomic mass is 10.1. The highest BCUT2D eigenvalue weighted by molar-refractivity contribution is 7.92. The molecule has 3 aromatic carbocycles. The Labute approximate surface area is 236 Å². The number of methoxy groups -OCH3 is 2. The maximum absolute atomic E-state index is 14.0. The van der Waals surface area contributed by atoms with Crippen LogP contribution in [0.1, 0.15) is 31.9 Å². The molecule has 0 saturated carbocycles. The summed E-state index contributed by atoms with van der Waals surface area (Å²) in [6, 6.07) is 19.2. The van der Waals surface area contributed by atoms with Crippen LogP contribution in [0.2, 0.25) is 0 Å². The van der Waals surface area contributed by atoms with E-state index in [1.165, 1.54) is 37.3 Å². The molecule has 0 spiro atoms. The van der Waals surface area contributed by atoms with E-state index in [4.69, 9.17) is 9.47 Å². The lowest BCUT2D eigenvalue weighted by Gasteiger charge is -2.32. The van der Waals surface area contributed by atoms with Crippen molar-refractivity contribution in [2.75, 3.05) is 25.1 Å². The Morgan fingerprint density at radius 3 is 2.10 bits per heavy atom. The molecule has 1 N–H and O–H groups in total. The first kappa shape index (κ1) is 30.5. The Morgan fingerprint density at radius 1 is 0.875 bits per heavy atom. The van der Waals surface area contributed by atoms with Crippen molar-refractivity contribution in [3.8, 4) is 11.5 Å². The highest BCUT2D eigenvalue weighted by Crippen LogP contribution is 2.32. The van der Waals surface area contributed by atoms with Crippen LogP contribution >= 0.6 is 0 Å². The Kier molecular flexibility index (Phi) is 10.2. The molecule has 9 nitrogen and oxygen atoms in total. The zero-order valence-corrected chi connectivity index (χ0v) is 24.6. The second-order valence-corrected chi connectivity index (χ2v) is 11.5. The summed E-state index contributed by atoms with van der Waals surface area (Å²) in [6.07, 6.45) is 0. The average Bonchev–Trinajstić information content (AvgIpc) is 2.94. The molecule has 0 unspecified atom stereocenters. The van der Waals surface area contributed by atoms with Gasteiger partial charge in [-0.2, -0.15) is 0 Å². The molecule has 3 rings (SSSR count). The highest BCUT2D eigenvalue weighted by Gasteiger charge is 2.33. The molecule has 0 aliphatic heterocycles. The number of anilines is 1. The zero-order valence-electron chi connectivity index (χ0n) is 23.7. The fraction of sp³-hybridized carbons (Fsp3) is 0.333. The number of aryl methyl sites for hydroxylation is 1. The molecule has 0 saturated heterocycles. The van der Waals surface area contributed by atoms with Gasteiger partial charge < -0.3 is 19.7 Å². The van der Waals surface area contributed by atoms with Gasteiger partial charge in [-0.25, -0.2) is 8.42 Å². The Bertz CT molecular complexity index is 1430. The predicted octanol–water partition coefficient (Wildman–Crippen LogP) is 4.15. The van der Waals surface area contributed by atoms with Crippen LogP contribution in [-0.2, 0) is 26.2 Å². The molecule has 0 bridgehead atoms. The smallest absolute Gasteiger partial charge is 0.264 e. The van der Waals surface area contributed by atoms with Crippen molar-refractivity contribution in [3.05, 3.63) is 83.9 Å². The first-order valence-corrected chi connectivity index (χ1v) is 14.4. The van der Waals surface area contributed by atoms with Crippen molar-refractivity contribution in [2.45, 2.75) is 51.2 Å². The summed E-state index contributed by atoms with van der Waals surface area (Å²) >= 11 is 0.